The Bertz CT molecular complexity index is 464. The number of hydrogen-bond acceptors (Lipinski definition) is 5. The third-order valence-electron chi connectivity index (χ3n) is 2.20. The molecule has 0 aliphatic heterocycles. The summed E-state index contributed by atoms with van der Waals surface area (Å²) in [6.45, 7) is 1.72. The Hall–Kier alpha value is -2.44. The highest BCUT2D eigenvalue weighted by atomic mass is 16.6. The van der Waals surface area contributed by atoms with Crippen LogP contribution in [0.4, 0.5) is 5.69 Å². The van der Waals surface area contributed by atoms with E-state index >= 15 is 0 Å². The van der Waals surface area contributed by atoms with Crippen molar-refractivity contribution >= 4 is 17.6 Å². The molecule has 7 heteroatoms. The monoisotopic (exact) mass is 253 g/mol. The van der Waals surface area contributed by atoms with Crippen LogP contribution < -0.4 is 0 Å². The van der Waals surface area contributed by atoms with Crippen molar-refractivity contribution < 1.29 is 24.4 Å². The van der Waals surface area contributed by atoms with Crippen LogP contribution in [-0.2, 0) is 16.0 Å². The number of carboxylic acids is 1. The SMILES string of the molecule is CCOC(=O)Cc1c(C(=O)O)cccc1[N+](=O)[O-]. The molecule has 0 spiro atoms. The summed E-state index contributed by atoms with van der Waals surface area (Å²) in [5, 5.41) is 19.7. The van der Waals surface area contributed by atoms with Gasteiger partial charge in [0.1, 0.15) is 0 Å². The van der Waals surface area contributed by atoms with Gasteiger partial charge in [-0.2, -0.15) is 0 Å². The average Bonchev–Trinajstić information content (AvgIpc) is 2.28. The van der Waals surface area contributed by atoms with Crippen LogP contribution in [-0.4, -0.2) is 28.6 Å². The molecule has 0 atom stereocenters. The first-order valence-corrected chi connectivity index (χ1v) is 5.12. The molecule has 1 rings (SSSR count). The molecule has 1 N–H and O–H groups in total. The average molecular weight is 253 g/mol. The minimum atomic E-state index is -1.32. The van der Waals surface area contributed by atoms with Gasteiger partial charge in [0.2, 0.25) is 0 Å². The molecule has 96 valence electrons. The lowest BCUT2D eigenvalue weighted by Crippen LogP contribution is -2.13. The number of carbonyl (C=O) groups is 2. The fourth-order valence-electron chi connectivity index (χ4n) is 1.49. The fraction of sp³-hybridized carbons (Fsp3) is 0.273. The summed E-state index contributed by atoms with van der Waals surface area (Å²) in [6.07, 6.45) is -0.438. The molecule has 0 aliphatic rings. The van der Waals surface area contributed by atoms with Crippen LogP contribution in [0.3, 0.4) is 0 Å². The smallest absolute Gasteiger partial charge is 0.336 e. The Morgan fingerprint density at radius 2 is 2.11 bits per heavy atom. The van der Waals surface area contributed by atoms with Gasteiger partial charge in [-0.15, -0.1) is 0 Å². The minimum Gasteiger partial charge on any atom is -0.478 e. The number of ether oxygens (including phenoxy) is 1. The summed E-state index contributed by atoms with van der Waals surface area (Å²) in [6, 6.07) is 3.63. The van der Waals surface area contributed by atoms with Gasteiger partial charge in [-0.3, -0.25) is 14.9 Å². The normalized spacial score (nSPS) is 9.83. The number of hydrogen-bond donors (Lipinski definition) is 1. The van der Waals surface area contributed by atoms with Crippen molar-refractivity contribution in [2.45, 2.75) is 13.3 Å². The van der Waals surface area contributed by atoms with Gasteiger partial charge < -0.3 is 9.84 Å². The lowest BCUT2D eigenvalue weighted by molar-refractivity contribution is -0.385. The topological polar surface area (TPSA) is 107 Å². The van der Waals surface area contributed by atoms with E-state index in [0.717, 1.165) is 6.07 Å². The molecule has 1 aromatic rings. The molecule has 0 saturated heterocycles. The van der Waals surface area contributed by atoms with Gasteiger partial charge in [0.05, 0.1) is 29.1 Å². The van der Waals surface area contributed by atoms with Gasteiger partial charge in [0, 0.05) is 6.07 Å². The molecule has 18 heavy (non-hydrogen) atoms. The Labute approximate surface area is 102 Å². The molecule has 0 saturated carbocycles. The van der Waals surface area contributed by atoms with Crippen LogP contribution in [0.5, 0.6) is 0 Å². The number of benzene rings is 1. The molecular weight excluding hydrogens is 242 g/mol. The van der Waals surface area contributed by atoms with Crippen molar-refractivity contribution in [3.05, 3.63) is 39.4 Å². The molecule has 0 amide bonds. The summed E-state index contributed by atoms with van der Waals surface area (Å²) in [7, 11) is 0. The van der Waals surface area contributed by atoms with Crippen molar-refractivity contribution in [2.75, 3.05) is 6.61 Å². The van der Waals surface area contributed by atoms with E-state index in [2.05, 4.69) is 4.74 Å². The van der Waals surface area contributed by atoms with Crippen LogP contribution in [0.15, 0.2) is 18.2 Å². The Balaban J connectivity index is 3.23. The molecule has 0 fully saturated rings. The van der Waals surface area contributed by atoms with E-state index in [4.69, 9.17) is 5.11 Å². The first-order chi connectivity index (χ1) is 8.47. The van der Waals surface area contributed by atoms with Crippen molar-refractivity contribution in [1.29, 1.82) is 0 Å². The zero-order valence-corrected chi connectivity index (χ0v) is 9.58. The Morgan fingerprint density at radius 3 is 2.61 bits per heavy atom. The largest absolute Gasteiger partial charge is 0.478 e. The molecule has 1 aromatic carbocycles. The quantitative estimate of drug-likeness (QED) is 0.482. The summed E-state index contributed by atoms with van der Waals surface area (Å²) < 4.78 is 4.66. The van der Waals surface area contributed by atoms with E-state index in [9.17, 15) is 19.7 Å². The van der Waals surface area contributed by atoms with Gasteiger partial charge in [0.15, 0.2) is 0 Å². The molecular formula is C11H11NO6. The van der Waals surface area contributed by atoms with Gasteiger partial charge >= 0.3 is 11.9 Å². The van der Waals surface area contributed by atoms with Crippen LogP contribution in [0.2, 0.25) is 0 Å². The van der Waals surface area contributed by atoms with Crippen molar-refractivity contribution in [3.8, 4) is 0 Å². The zero-order chi connectivity index (χ0) is 13.7. The number of nitrogens with zero attached hydrogens (tertiary/aromatic N) is 1. The maximum Gasteiger partial charge on any atom is 0.336 e. The van der Waals surface area contributed by atoms with E-state index in [-0.39, 0.29) is 17.7 Å². The molecule has 0 aromatic heterocycles. The van der Waals surface area contributed by atoms with Crippen molar-refractivity contribution in [1.82, 2.24) is 0 Å². The molecule has 0 aliphatic carbocycles. The van der Waals surface area contributed by atoms with E-state index in [1.807, 2.05) is 0 Å². The number of nitro groups is 1. The van der Waals surface area contributed by atoms with Crippen molar-refractivity contribution in [3.63, 3.8) is 0 Å². The predicted molar refractivity (Wildman–Crippen MR) is 60.4 cm³/mol. The molecule has 7 nitrogen and oxygen atoms in total. The van der Waals surface area contributed by atoms with Crippen LogP contribution >= 0.6 is 0 Å². The Morgan fingerprint density at radius 1 is 1.44 bits per heavy atom. The molecule has 0 heterocycles. The van der Waals surface area contributed by atoms with Crippen LogP contribution in [0.1, 0.15) is 22.8 Å². The van der Waals surface area contributed by atoms with Crippen LogP contribution in [0, 0.1) is 10.1 Å². The molecule has 0 bridgehead atoms. The highest BCUT2D eigenvalue weighted by molar-refractivity contribution is 5.92. The second kappa shape index (κ2) is 5.76. The lowest BCUT2D eigenvalue weighted by atomic mass is 10.0. The summed E-state index contributed by atoms with van der Waals surface area (Å²) in [5.74, 6) is -2.02. The molecule has 0 radical (unpaired) electrons. The molecule has 0 unspecified atom stereocenters. The highest BCUT2D eigenvalue weighted by Gasteiger charge is 2.23. The summed E-state index contributed by atoms with van der Waals surface area (Å²) >= 11 is 0. The summed E-state index contributed by atoms with van der Waals surface area (Å²) in [4.78, 5) is 32.4. The third kappa shape index (κ3) is 3.03. The van der Waals surface area contributed by atoms with Crippen molar-refractivity contribution in [2.24, 2.45) is 0 Å². The van der Waals surface area contributed by atoms with Gasteiger partial charge in [-0.1, -0.05) is 6.07 Å². The van der Waals surface area contributed by atoms with E-state index in [1.54, 1.807) is 6.92 Å². The Kier molecular flexibility index (Phi) is 4.36. The number of aromatic carboxylic acids is 1. The van der Waals surface area contributed by atoms with E-state index in [0.29, 0.717) is 0 Å². The maximum atomic E-state index is 11.3. The van der Waals surface area contributed by atoms with Crippen LogP contribution in [0.25, 0.3) is 0 Å². The first-order valence-electron chi connectivity index (χ1n) is 5.12. The maximum absolute atomic E-state index is 11.3. The minimum absolute atomic E-state index is 0.127. The number of rotatable bonds is 5. The van der Waals surface area contributed by atoms with E-state index in [1.165, 1.54) is 12.1 Å². The zero-order valence-electron chi connectivity index (χ0n) is 9.58. The lowest BCUT2D eigenvalue weighted by Gasteiger charge is -2.06. The van der Waals surface area contributed by atoms with Gasteiger partial charge in [-0.05, 0) is 13.0 Å². The first kappa shape index (κ1) is 13.6. The number of esters is 1. The number of carbonyl (C=O) groups excluding carboxylic acids is 1. The van der Waals surface area contributed by atoms with Gasteiger partial charge in [-0.25, -0.2) is 4.79 Å². The predicted octanol–water partition coefficient (Wildman–Crippen LogP) is 1.40. The summed E-state index contributed by atoms with van der Waals surface area (Å²) in [5.41, 5.74) is -0.811. The second-order valence-corrected chi connectivity index (χ2v) is 3.35. The number of carboxylic acid groups (broad SMARTS) is 1. The second-order valence-electron chi connectivity index (χ2n) is 3.35. The third-order valence-corrected chi connectivity index (χ3v) is 2.20. The van der Waals surface area contributed by atoms with E-state index < -0.39 is 29.0 Å². The van der Waals surface area contributed by atoms with Gasteiger partial charge in [0.25, 0.3) is 5.69 Å². The highest BCUT2D eigenvalue weighted by Crippen LogP contribution is 2.23. The standard InChI is InChI=1S/C11H11NO6/c1-2-18-10(13)6-8-7(11(14)15)4-3-5-9(8)12(16)17/h3-5H,2,6H2,1H3,(H,14,15). The fourth-order valence-corrected chi connectivity index (χ4v) is 1.49. The number of nitro benzene ring substituents is 1.